The van der Waals surface area contributed by atoms with Crippen LogP contribution in [-0.2, 0) is 11.3 Å². The molecule has 3 aromatic heterocycles. The van der Waals surface area contributed by atoms with Crippen LogP contribution in [-0.4, -0.2) is 39.2 Å². The third-order valence-corrected chi connectivity index (χ3v) is 6.82. The quantitative estimate of drug-likeness (QED) is 0.355. The van der Waals surface area contributed by atoms with E-state index in [4.69, 9.17) is 0 Å². The predicted molar refractivity (Wildman–Crippen MR) is 138 cm³/mol. The maximum Gasteiger partial charge on any atom is 0.227 e. The van der Waals surface area contributed by atoms with E-state index in [9.17, 15) is 4.79 Å². The van der Waals surface area contributed by atoms with Crippen molar-refractivity contribution >= 4 is 34.0 Å². The van der Waals surface area contributed by atoms with Gasteiger partial charge in [-0.15, -0.1) is 0 Å². The Bertz CT molecular complexity index is 1340. The average Bonchev–Trinajstić information content (AvgIpc) is 3.69. The fraction of sp³-hybridized carbons (Fsp3) is 0.333. The number of fused-ring (bicyclic) bond motifs is 1. The van der Waals surface area contributed by atoms with Crippen molar-refractivity contribution in [3.05, 3.63) is 60.7 Å². The van der Waals surface area contributed by atoms with Crippen LogP contribution < -0.4 is 15.5 Å². The lowest BCUT2D eigenvalue weighted by atomic mass is 10.0. The molecule has 8 heteroatoms. The van der Waals surface area contributed by atoms with Crippen molar-refractivity contribution in [3.63, 3.8) is 0 Å². The molecule has 4 aromatic rings. The molecule has 0 unspecified atom stereocenters. The van der Waals surface area contributed by atoms with Crippen LogP contribution in [0.2, 0.25) is 0 Å². The predicted octanol–water partition coefficient (Wildman–Crippen LogP) is 4.97. The molecule has 0 atom stereocenters. The monoisotopic (exact) mass is 467 g/mol. The molecular weight excluding hydrogens is 438 g/mol. The molecule has 2 aliphatic rings. The van der Waals surface area contributed by atoms with Gasteiger partial charge in [0.05, 0.1) is 41.5 Å². The zero-order chi connectivity index (χ0) is 23.6. The summed E-state index contributed by atoms with van der Waals surface area (Å²) in [6.07, 6.45) is 11.2. The van der Waals surface area contributed by atoms with Gasteiger partial charge in [0.15, 0.2) is 0 Å². The molecule has 4 heterocycles. The van der Waals surface area contributed by atoms with E-state index in [-0.39, 0.29) is 11.8 Å². The van der Waals surface area contributed by atoms with Gasteiger partial charge in [-0.25, -0.2) is 4.98 Å². The van der Waals surface area contributed by atoms with E-state index in [0.717, 1.165) is 70.8 Å². The maximum absolute atomic E-state index is 12.1. The average molecular weight is 468 g/mol. The molecule has 8 nitrogen and oxygen atoms in total. The fourth-order valence-electron chi connectivity index (χ4n) is 4.62. The van der Waals surface area contributed by atoms with Crippen LogP contribution in [0.4, 0.5) is 17.2 Å². The van der Waals surface area contributed by atoms with E-state index < -0.39 is 0 Å². The van der Waals surface area contributed by atoms with Crippen LogP contribution in [0.25, 0.3) is 22.0 Å². The van der Waals surface area contributed by atoms with Gasteiger partial charge in [-0.3, -0.25) is 14.9 Å². The van der Waals surface area contributed by atoms with Gasteiger partial charge in [-0.05, 0) is 68.0 Å². The van der Waals surface area contributed by atoms with Crippen LogP contribution in [0, 0.1) is 5.92 Å². The van der Waals surface area contributed by atoms with Gasteiger partial charge in [-0.2, -0.15) is 5.10 Å². The Hall–Kier alpha value is -3.94. The van der Waals surface area contributed by atoms with Crippen molar-refractivity contribution in [1.29, 1.82) is 0 Å². The number of nitrogens with one attached hydrogen (secondary N) is 3. The van der Waals surface area contributed by atoms with Gasteiger partial charge in [0.1, 0.15) is 5.82 Å². The number of carbonyl (C=O) groups excluding carboxylic acids is 1. The lowest BCUT2D eigenvalue weighted by Gasteiger charge is -2.27. The molecule has 178 valence electrons. The highest BCUT2D eigenvalue weighted by atomic mass is 16.2. The van der Waals surface area contributed by atoms with Crippen molar-refractivity contribution < 1.29 is 4.79 Å². The Morgan fingerprint density at radius 1 is 0.971 bits per heavy atom. The van der Waals surface area contributed by atoms with Crippen molar-refractivity contribution in [1.82, 2.24) is 20.2 Å². The number of aromatic amines is 1. The summed E-state index contributed by atoms with van der Waals surface area (Å²) in [6, 6.07) is 12.3. The standard InChI is InChI=1S/C27H29N7O/c35-27(18-4-5-18)31-22-12-20(14-28-15-22)19-6-8-24-23(13-19)25(33-32-24)17-29-21-7-9-26(30-16-21)34-10-2-1-3-11-34/h6-9,12-16,18,29H,1-5,10-11,17H2,(H,31,35)(H,32,33). The first-order chi connectivity index (χ1) is 17.2. The molecule has 1 aromatic carbocycles. The molecule has 6 rings (SSSR count). The van der Waals surface area contributed by atoms with Crippen LogP contribution in [0.5, 0.6) is 0 Å². The molecule has 1 saturated heterocycles. The molecule has 0 radical (unpaired) electrons. The van der Waals surface area contributed by atoms with Crippen molar-refractivity contribution in [3.8, 4) is 11.1 Å². The number of nitrogens with zero attached hydrogens (tertiary/aromatic N) is 4. The smallest absolute Gasteiger partial charge is 0.227 e. The number of pyridine rings is 2. The SMILES string of the molecule is O=C(Nc1cncc(-c2ccc3n[nH]c(CNc4ccc(N5CCCCC5)nc4)c3c2)c1)C1CC1. The normalized spacial score (nSPS) is 15.8. The second kappa shape index (κ2) is 9.37. The number of benzene rings is 1. The number of rotatable bonds is 7. The summed E-state index contributed by atoms with van der Waals surface area (Å²) in [6.45, 7) is 2.79. The van der Waals surface area contributed by atoms with E-state index in [0.29, 0.717) is 6.54 Å². The first kappa shape index (κ1) is 21.6. The maximum atomic E-state index is 12.1. The molecule has 1 aliphatic carbocycles. The molecule has 0 spiro atoms. The Morgan fingerprint density at radius 3 is 2.66 bits per heavy atom. The molecule has 35 heavy (non-hydrogen) atoms. The Kier molecular flexibility index (Phi) is 5.78. The summed E-state index contributed by atoms with van der Waals surface area (Å²) in [5.74, 6) is 1.30. The first-order valence-electron chi connectivity index (χ1n) is 12.4. The van der Waals surface area contributed by atoms with Gasteiger partial charge in [0, 0.05) is 36.2 Å². The molecule has 3 N–H and O–H groups in total. The van der Waals surface area contributed by atoms with E-state index in [1.165, 1.54) is 19.3 Å². The lowest BCUT2D eigenvalue weighted by molar-refractivity contribution is -0.117. The van der Waals surface area contributed by atoms with Gasteiger partial charge in [0.25, 0.3) is 0 Å². The van der Waals surface area contributed by atoms with Gasteiger partial charge in [0.2, 0.25) is 5.91 Å². The Balaban J connectivity index is 1.16. The third kappa shape index (κ3) is 4.82. The number of amides is 1. The number of hydrogen-bond acceptors (Lipinski definition) is 6. The highest BCUT2D eigenvalue weighted by molar-refractivity contribution is 5.94. The number of hydrogen-bond donors (Lipinski definition) is 3. The zero-order valence-corrected chi connectivity index (χ0v) is 19.6. The van der Waals surface area contributed by atoms with Crippen molar-refractivity contribution in [2.24, 2.45) is 5.92 Å². The highest BCUT2D eigenvalue weighted by Gasteiger charge is 2.29. The highest BCUT2D eigenvalue weighted by Crippen LogP contribution is 2.31. The van der Waals surface area contributed by atoms with Crippen LogP contribution in [0.1, 0.15) is 37.8 Å². The first-order valence-corrected chi connectivity index (χ1v) is 12.4. The lowest BCUT2D eigenvalue weighted by Crippen LogP contribution is -2.30. The third-order valence-electron chi connectivity index (χ3n) is 6.82. The Morgan fingerprint density at radius 2 is 1.86 bits per heavy atom. The molecule has 1 saturated carbocycles. The summed E-state index contributed by atoms with van der Waals surface area (Å²) >= 11 is 0. The second-order valence-corrected chi connectivity index (χ2v) is 9.47. The minimum Gasteiger partial charge on any atom is -0.378 e. The minimum absolute atomic E-state index is 0.0843. The number of anilines is 3. The Labute approximate surface area is 204 Å². The van der Waals surface area contributed by atoms with Gasteiger partial charge >= 0.3 is 0 Å². The number of H-pyrrole nitrogens is 1. The van der Waals surface area contributed by atoms with Crippen molar-refractivity contribution in [2.45, 2.75) is 38.6 Å². The molecule has 2 fully saturated rings. The topological polar surface area (TPSA) is 98.8 Å². The number of aromatic nitrogens is 4. The van der Waals surface area contributed by atoms with E-state index in [2.05, 4.69) is 53.9 Å². The minimum atomic E-state index is 0.0843. The zero-order valence-electron chi connectivity index (χ0n) is 19.6. The summed E-state index contributed by atoms with van der Waals surface area (Å²) in [5.41, 5.74) is 5.62. The molecular formula is C27H29N7O. The largest absolute Gasteiger partial charge is 0.378 e. The summed E-state index contributed by atoms with van der Waals surface area (Å²) < 4.78 is 0. The summed E-state index contributed by atoms with van der Waals surface area (Å²) in [5, 5.41) is 15.1. The summed E-state index contributed by atoms with van der Waals surface area (Å²) in [7, 11) is 0. The van der Waals surface area contributed by atoms with E-state index >= 15 is 0 Å². The van der Waals surface area contributed by atoms with Crippen LogP contribution >= 0.6 is 0 Å². The van der Waals surface area contributed by atoms with Gasteiger partial charge < -0.3 is 15.5 Å². The second-order valence-electron chi connectivity index (χ2n) is 9.47. The summed E-state index contributed by atoms with van der Waals surface area (Å²) in [4.78, 5) is 23.5. The number of piperidine rings is 1. The van der Waals surface area contributed by atoms with E-state index in [1.807, 2.05) is 30.6 Å². The fourth-order valence-corrected chi connectivity index (χ4v) is 4.62. The van der Waals surface area contributed by atoms with Crippen LogP contribution in [0.15, 0.2) is 55.0 Å². The number of carbonyl (C=O) groups is 1. The van der Waals surface area contributed by atoms with Gasteiger partial charge in [-0.1, -0.05) is 6.07 Å². The van der Waals surface area contributed by atoms with Crippen LogP contribution in [0.3, 0.4) is 0 Å². The molecule has 0 bridgehead atoms. The molecule has 1 amide bonds. The van der Waals surface area contributed by atoms with E-state index in [1.54, 1.807) is 6.20 Å². The molecule has 1 aliphatic heterocycles. The van der Waals surface area contributed by atoms with Crippen molar-refractivity contribution in [2.75, 3.05) is 28.6 Å².